The number of hydrogen-bond donors (Lipinski definition) is 2. The zero-order valence-electron chi connectivity index (χ0n) is 15.3. The molecule has 0 saturated carbocycles. The molecule has 0 aliphatic carbocycles. The van der Waals surface area contributed by atoms with Crippen molar-refractivity contribution in [3.05, 3.63) is 74.2 Å². The molecule has 144 valence electrons. The topological polar surface area (TPSA) is 101 Å². The molecule has 0 atom stereocenters. The molecule has 8 nitrogen and oxygen atoms in total. The fraction of sp³-hybridized carbons (Fsp3) is 0.158. The van der Waals surface area contributed by atoms with E-state index in [0.29, 0.717) is 23.8 Å². The van der Waals surface area contributed by atoms with Crippen molar-refractivity contribution in [2.75, 3.05) is 12.5 Å². The van der Waals surface area contributed by atoms with Crippen molar-refractivity contribution in [2.45, 2.75) is 13.5 Å². The number of benzene rings is 2. The van der Waals surface area contributed by atoms with Crippen molar-refractivity contribution in [3.63, 3.8) is 0 Å². The molecular weight excluding hydrogens is 426 g/mol. The highest BCUT2D eigenvalue weighted by Crippen LogP contribution is 2.36. The lowest BCUT2D eigenvalue weighted by Crippen LogP contribution is -2.15. The van der Waals surface area contributed by atoms with E-state index < -0.39 is 5.69 Å². The smallest absolute Gasteiger partial charge is 0.363 e. The highest BCUT2D eigenvalue weighted by Gasteiger charge is 2.11. The Morgan fingerprint density at radius 1 is 1.29 bits per heavy atom. The van der Waals surface area contributed by atoms with E-state index in [1.807, 2.05) is 36.4 Å². The van der Waals surface area contributed by atoms with Crippen LogP contribution in [-0.2, 0) is 6.61 Å². The van der Waals surface area contributed by atoms with Crippen molar-refractivity contribution in [3.8, 4) is 11.5 Å². The molecule has 0 unspecified atom stereocenters. The molecule has 0 fully saturated rings. The molecule has 0 saturated heterocycles. The summed E-state index contributed by atoms with van der Waals surface area (Å²) in [5, 5.41) is 10.2. The number of aryl methyl sites for hydroxylation is 1. The highest BCUT2D eigenvalue weighted by molar-refractivity contribution is 9.10. The van der Waals surface area contributed by atoms with Gasteiger partial charge >= 0.3 is 5.69 Å². The van der Waals surface area contributed by atoms with Crippen LogP contribution in [0.25, 0.3) is 0 Å². The van der Waals surface area contributed by atoms with Gasteiger partial charge in [0, 0.05) is 0 Å². The summed E-state index contributed by atoms with van der Waals surface area (Å²) in [6, 6.07) is 13.5. The van der Waals surface area contributed by atoms with Gasteiger partial charge in [0.25, 0.3) is 0 Å². The monoisotopic (exact) mass is 443 g/mol. The van der Waals surface area contributed by atoms with Gasteiger partial charge < -0.3 is 9.47 Å². The highest BCUT2D eigenvalue weighted by atomic mass is 79.9. The van der Waals surface area contributed by atoms with E-state index in [9.17, 15) is 4.79 Å². The fourth-order valence-electron chi connectivity index (χ4n) is 2.35. The van der Waals surface area contributed by atoms with Gasteiger partial charge in [-0.15, -0.1) is 0 Å². The average Bonchev–Trinajstić information content (AvgIpc) is 2.70. The molecule has 0 radical (unpaired) electrons. The largest absolute Gasteiger partial charge is 0.493 e. The van der Waals surface area contributed by atoms with E-state index in [1.165, 1.54) is 0 Å². The van der Waals surface area contributed by atoms with E-state index in [0.717, 1.165) is 15.6 Å². The molecule has 3 rings (SSSR count). The number of nitrogens with zero attached hydrogens (tertiary/aromatic N) is 3. The van der Waals surface area contributed by atoms with E-state index in [2.05, 4.69) is 41.6 Å². The number of hydrazone groups is 1. The Hall–Kier alpha value is -3.20. The van der Waals surface area contributed by atoms with Crippen LogP contribution in [-0.4, -0.2) is 28.5 Å². The Kier molecular flexibility index (Phi) is 6.38. The molecule has 0 spiro atoms. The second kappa shape index (κ2) is 9.14. The van der Waals surface area contributed by atoms with Gasteiger partial charge in [0.2, 0.25) is 0 Å². The molecule has 28 heavy (non-hydrogen) atoms. The summed E-state index contributed by atoms with van der Waals surface area (Å²) < 4.78 is 12.1. The van der Waals surface area contributed by atoms with Gasteiger partial charge in [-0.3, -0.25) is 5.43 Å². The molecule has 2 aromatic carbocycles. The first-order valence-electron chi connectivity index (χ1n) is 8.33. The molecule has 0 bridgehead atoms. The standard InChI is InChI=1S/C19H18BrN5O3/c1-12-18(22-19(26)25-23-12)24-21-10-14-8-15(20)17(16(9-14)27-2)28-11-13-6-4-3-5-7-13/h3-10H,11H2,1-2H3,(H2,22,24,25,26)/b21-10-. The molecule has 0 amide bonds. The maximum Gasteiger partial charge on any atom is 0.363 e. The van der Waals surface area contributed by atoms with Crippen LogP contribution < -0.4 is 20.6 Å². The van der Waals surface area contributed by atoms with Crippen LogP contribution in [0.5, 0.6) is 11.5 Å². The first kappa shape index (κ1) is 19.6. The van der Waals surface area contributed by atoms with Gasteiger partial charge in [0.15, 0.2) is 17.3 Å². The number of methoxy groups -OCH3 is 1. The zero-order chi connectivity index (χ0) is 19.9. The minimum absolute atomic E-state index is 0.286. The van der Waals surface area contributed by atoms with Gasteiger partial charge in [0.05, 0.1) is 17.8 Å². The van der Waals surface area contributed by atoms with Crippen molar-refractivity contribution in [1.29, 1.82) is 0 Å². The molecule has 9 heteroatoms. The van der Waals surface area contributed by atoms with Crippen LogP contribution in [0.2, 0.25) is 0 Å². The average molecular weight is 444 g/mol. The number of ether oxygens (including phenoxy) is 2. The van der Waals surface area contributed by atoms with Crippen LogP contribution in [0.3, 0.4) is 0 Å². The molecule has 0 aliphatic heterocycles. The van der Waals surface area contributed by atoms with Crippen molar-refractivity contribution < 1.29 is 9.47 Å². The summed E-state index contributed by atoms with van der Waals surface area (Å²) in [4.78, 5) is 15.0. The number of hydrogen-bond acceptors (Lipinski definition) is 7. The summed E-state index contributed by atoms with van der Waals surface area (Å²) in [5.41, 5.74) is 4.51. The third-order valence-electron chi connectivity index (χ3n) is 3.74. The molecule has 0 aliphatic rings. The third kappa shape index (κ3) is 4.95. The van der Waals surface area contributed by atoms with Gasteiger partial charge in [-0.1, -0.05) is 30.3 Å². The lowest BCUT2D eigenvalue weighted by atomic mass is 10.2. The van der Waals surface area contributed by atoms with Crippen molar-refractivity contribution >= 4 is 28.0 Å². The van der Waals surface area contributed by atoms with Gasteiger partial charge in [0.1, 0.15) is 12.3 Å². The van der Waals surface area contributed by atoms with Gasteiger partial charge in [-0.05, 0) is 46.1 Å². The first-order valence-corrected chi connectivity index (χ1v) is 9.13. The maximum absolute atomic E-state index is 11.2. The second-order valence-corrected chi connectivity index (χ2v) is 6.61. The molecule has 3 aromatic rings. The fourth-order valence-corrected chi connectivity index (χ4v) is 2.92. The number of H-pyrrole nitrogens is 1. The maximum atomic E-state index is 11.2. The lowest BCUT2D eigenvalue weighted by molar-refractivity contribution is 0.282. The summed E-state index contributed by atoms with van der Waals surface area (Å²) in [6.45, 7) is 2.13. The van der Waals surface area contributed by atoms with E-state index in [1.54, 1.807) is 26.3 Å². The lowest BCUT2D eigenvalue weighted by Gasteiger charge is -2.13. The summed E-state index contributed by atoms with van der Waals surface area (Å²) in [5.74, 6) is 1.46. The molecule has 2 N–H and O–H groups in total. The summed E-state index contributed by atoms with van der Waals surface area (Å²) >= 11 is 3.52. The number of anilines is 1. The Labute approximate surface area is 169 Å². The van der Waals surface area contributed by atoms with Crippen LogP contribution in [0, 0.1) is 6.92 Å². The Balaban J connectivity index is 1.75. The van der Waals surface area contributed by atoms with Crippen molar-refractivity contribution in [1.82, 2.24) is 15.2 Å². The van der Waals surface area contributed by atoms with E-state index in [-0.39, 0.29) is 5.82 Å². The third-order valence-corrected chi connectivity index (χ3v) is 4.33. The van der Waals surface area contributed by atoms with Crippen LogP contribution in [0.4, 0.5) is 5.82 Å². The predicted octanol–water partition coefficient (Wildman–Crippen LogP) is 3.27. The van der Waals surface area contributed by atoms with Gasteiger partial charge in [-0.2, -0.15) is 15.2 Å². The number of rotatable bonds is 7. The predicted molar refractivity (Wildman–Crippen MR) is 110 cm³/mol. The van der Waals surface area contributed by atoms with Crippen molar-refractivity contribution in [2.24, 2.45) is 5.10 Å². The van der Waals surface area contributed by atoms with Crippen LogP contribution in [0.1, 0.15) is 16.8 Å². The quantitative estimate of drug-likeness (QED) is 0.429. The number of nitrogens with one attached hydrogen (secondary N) is 2. The summed E-state index contributed by atoms with van der Waals surface area (Å²) in [7, 11) is 1.57. The SMILES string of the molecule is COc1cc(/C=N\Nc2nc(=O)[nH]nc2C)cc(Br)c1OCc1ccccc1. The molecule has 1 heterocycles. The van der Waals surface area contributed by atoms with Crippen LogP contribution >= 0.6 is 15.9 Å². The molecule has 1 aromatic heterocycles. The Bertz CT molecular complexity index is 1040. The first-order chi connectivity index (χ1) is 13.6. The number of aromatic nitrogens is 3. The van der Waals surface area contributed by atoms with Gasteiger partial charge in [-0.25, -0.2) is 9.89 Å². The minimum atomic E-state index is -0.548. The number of halogens is 1. The van der Waals surface area contributed by atoms with Crippen LogP contribution in [0.15, 0.2) is 56.8 Å². The second-order valence-electron chi connectivity index (χ2n) is 5.75. The van der Waals surface area contributed by atoms with E-state index >= 15 is 0 Å². The molecular formula is C19H18BrN5O3. The number of aromatic amines is 1. The Morgan fingerprint density at radius 3 is 2.82 bits per heavy atom. The minimum Gasteiger partial charge on any atom is -0.493 e. The Morgan fingerprint density at radius 2 is 2.07 bits per heavy atom. The summed E-state index contributed by atoms with van der Waals surface area (Å²) in [6.07, 6.45) is 1.58. The zero-order valence-corrected chi connectivity index (χ0v) is 16.9. The normalized spacial score (nSPS) is 10.8. The van der Waals surface area contributed by atoms with E-state index in [4.69, 9.17) is 9.47 Å².